The van der Waals surface area contributed by atoms with Gasteiger partial charge in [-0.05, 0) is 45.8 Å². The van der Waals surface area contributed by atoms with Gasteiger partial charge in [0.25, 0.3) is 18.6 Å². The van der Waals surface area contributed by atoms with Gasteiger partial charge in [-0.3, -0.25) is 0 Å². The molecule has 0 saturated carbocycles. The van der Waals surface area contributed by atoms with E-state index in [0.717, 1.165) is 0 Å². The Bertz CT molecular complexity index is 207. The first-order chi connectivity index (χ1) is 7.06. The van der Waals surface area contributed by atoms with Crippen molar-refractivity contribution in [2.45, 2.75) is 45.8 Å². The molecule has 2 atom stereocenters. The van der Waals surface area contributed by atoms with E-state index in [-0.39, 0.29) is 0 Å². The minimum atomic E-state index is -1.95. The molecule has 2 unspecified atom stereocenters. The van der Waals surface area contributed by atoms with Crippen molar-refractivity contribution >= 4 is 35.4 Å². The SMILES string of the molecule is CO[Si](C)(C)O[SiH](C)O[SiH](C)O[Si](C)(C)C. The van der Waals surface area contributed by atoms with Crippen molar-refractivity contribution < 1.29 is 16.8 Å². The fourth-order valence-corrected chi connectivity index (χ4v) is 12.4. The molecule has 8 heteroatoms. The normalized spacial score (nSPS) is 17.2. The van der Waals surface area contributed by atoms with E-state index in [9.17, 15) is 0 Å². The maximum Gasteiger partial charge on any atom is 0.322 e. The Hall–Kier alpha value is 0.708. The Balaban J connectivity index is 4.01. The summed E-state index contributed by atoms with van der Waals surface area (Å²) in [6.07, 6.45) is 0. The molecule has 0 radical (unpaired) electrons. The summed E-state index contributed by atoms with van der Waals surface area (Å²) in [7, 11) is -4.84. The van der Waals surface area contributed by atoms with Crippen LogP contribution >= 0.6 is 0 Å². The van der Waals surface area contributed by atoms with Gasteiger partial charge in [-0.15, -0.1) is 0 Å². The van der Waals surface area contributed by atoms with Crippen LogP contribution in [0.2, 0.25) is 45.8 Å². The molecule has 0 aliphatic heterocycles. The van der Waals surface area contributed by atoms with Gasteiger partial charge < -0.3 is 16.8 Å². The van der Waals surface area contributed by atoms with Crippen molar-refractivity contribution in [3.05, 3.63) is 0 Å². The quantitative estimate of drug-likeness (QED) is 0.673. The van der Waals surface area contributed by atoms with Crippen molar-refractivity contribution in [3.8, 4) is 0 Å². The summed E-state index contributed by atoms with van der Waals surface area (Å²) in [4.78, 5) is 0. The van der Waals surface area contributed by atoms with Crippen molar-refractivity contribution in [3.63, 3.8) is 0 Å². The van der Waals surface area contributed by atoms with Crippen LogP contribution < -0.4 is 0 Å². The Labute approximate surface area is 105 Å². The first kappa shape index (κ1) is 16.7. The highest BCUT2D eigenvalue weighted by atomic mass is 28.5. The zero-order valence-corrected chi connectivity index (χ0v) is 16.1. The number of hydrogen-bond donors (Lipinski definition) is 0. The van der Waals surface area contributed by atoms with Crippen LogP contribution in [0.5, 0.6) is 0 Å². The minimum Gasteiger partial charge on any atom is -0.439 e. The van der Waals surface area contributed by atoms with Gasteiger partial charge in [-0.2, -0.15) is 0 Å². The highest BCUT2D eigenvalue weighted by Crippen LogP contribution is 2.10. The predicted octanol–water partition coefficient (Wildman–Crippen LogP) is 1.92. The highest BCUT2D eigenvalue weighted by molar-refractivity contribution is 6.78. The van der Waals surface area contributed by atoms with Gasteiger partial charge in [-0.1, -0.05) is 0 Å². The molecule has 4 nitrogen and oxygen atoms in total. The van der Waals surface area contributed by atoms with E-state index >= 15 is 0 Å². The standard InChI is InChI=1S/C8H26O4Si4/c1-9-16(7,8)12-14(3)10-13(2)11-15(4,5)6/h13-14H,1-8H3. The van der Waals surface area contributed by atoms with Crippen LogP contribution in [0.4, 0.5) is 0 Å². The zero-order valence-electron chi connectivity index (χ0n) is 11.8. The van der Waals surface area contributed by atoms with Crippen molar-refractivity contribution in [2.24, 2.45) is 0 Å². The molecular formula is C8H26O4Si4. The van der Waals surface area contributed by atoms with E-state index in [1.165, 1.54) is 0 Å². The van der Waals surface area contributed by atoms with Gasteiger partial charge in [0.05, 0.1) is 0 Å². The summed E-state index contributed by atoms with van der Waals surface area (Å²) in [5, 5.41) is 0. The van der Waals surface area contributed by atoms with Crippen LogP contribution in [0.3, 0.4) is 0 Å². The molecule has 0 aliphatic carbocycles. The van der Waals surface area contributed by atoms with E-state index in [4.69, 9.17) is 16.8 Å². The van der Waals surface area contributed by atoms with Crippen LogP contribution in [-0.4, -0.2) is 42.6 Å². The molecule has 0 rings (SSSR count). The van der Waals surface area contributed by atoms with Crippen molar-refractivity contribution in [1.29, 1.82) is 0 Å². The van der Waals surface area contributed by atoms with E-state index in [2.05, 4.69) is 26.2 Å². The average Bonchev–Trinajstić information content (AvgIpc) is 1.98. The molecule has 0 spiro atoms. The van der Waals surface area contributed by atoms with Gasteiger partial charge in [0, 0.05) is 7.11 Å². The molecule has 0 aromatic rings. The fourth-order valence-electron chi connectivity index (χ4n) is 1.27. The summed E-state index contributed by atoms with van der Waals surface area (Å²) >= 11 is 0. The molecule has 0 amide bonds. The molecule has 0 aromatic heterocycles. The second kappa shape index (κ2) is 6.59. The van der Waals surface area contributed by atoms with Gasteiger partial charge in [0.1, 0.15) is 0 Å². The molecule has 0 saturated heterocycles. The Morgan fingerprint density at radius 1 is 0.812 bits per heavy atom. The summed E-state index contributed by atoms with van der Waals surface area (Å²) in [6.45, 7) is 14.7. The van der Waals surface area contributed by atoms with Crippen LogP contribution in [0, 0.1) is 0 Å². The van der Waals surface area contributed by atoms with Crippen LogP contribution in [-0.2, 0) is 16.8 Å². The number of rotatable bonds is 7. The van der Waals surface area contributed by atoms with Gasteiger partial charge in [-0.25, -0.2) is 0 Å². The minimum absolute atomic E-state index is 1.47. The summed E-state index contributed by atoms with van der Waals surface area (Å²) < 4.78 is 23.0. The van der Waals surface area contributed by atoms with Gasteiger partial charge >= 0.3 is 8.56 Å². The van der Waals surface area contributed by atoms with Crippen molar-refractivity contribution in [2.75, 3.05) is 7.11 Å². The lowest BCUT2D eigenvalue weighted by Gasteiger charge is -2.29. The highest BCUT2D eigenvalue weighted by Gasteiger charge is 2.29. The van der Waals surface area contributed by atoms with E-state index in [1.807, 2.05) is 19.6 Å². The molecule has 0 aliphatic rings. The lowest BCUT2D eigenvalue weighted by atomic mass is 11.8. The van der Waals surface area contributed by atoms with Gasteiger partial charge in [0.2, 0.25) is 0 Å². The maximum atomic E-state index is 5.94. The topological polar surface area (TPSA) is 36.9 Å². The third-order valence-electron chi connectivity index (χ3n) is 1.84. The van der Waals surface area contributed by atoms with E-state index in [1.54, 1.807) is 7.11 Å². The van der Waals surface area contributed by atoms with E-state index in [0.29, 0.717) is 0 Å². The molecule has 0 fully saturated rings. The molecule has 0 N–H and O–H groups in total. The maximum absolute atomic E-state index is 5.94. The average molecular weight is 299 g/mol. The summed E-state index contributed by atoms with van der Waals surface area (Å²) in [6, 6.07) is 0. The monoisotopic (exact) mass is 298 g/mol. The van der Waals surface area contributed by atoms with Crippen LogP contribution in [0.1, 0.15) is 0 Å². The molecule has 0 heterocycles. The Kier molecular flexibility index (Phi) is 6.88. The smallest absolute Gasteiger partial charge is 0.322 e. The zero-order chi connectivity index (χ0) is 13.0. The molecule has 0 aromatic carbocycles. The summed E-state index contributed by atoms with van der Waals surface area (Å²) in [5.74, 6) is 0. The van der Waals surface area contributed by atoms with Crippen molar-refractivity contribution in [1.82, 2.24) is 0 Å². The lowest BCUT2D eigenvalue weighted by Crippen LogP contribution is -2.44. The predicted molar refractivity (Wildman–Crippen MR) is 77.1 cm³/mol. The van der Waals surface area contributed by atoms with Gasteiger partial charge in [0.15, 0.2) is 8.32 Å². The molecular weight excluding hydrogens is 272 g/mol. The molecule has 98 valence electrons. The third-order valence-corrected chi connectivity index (χ3v) is 13.6. The van der Waals surface area contributed by atoms with Crippen LogP contribution in [0.25, 0.3) is 0 Å². The van der Waals surface area contributed by atoms with E-state index < -0.39 is 35.4 Å². The first-order valence-electron chi connectivity index (χ1n) is 5.62. The Morgan fingerprint density at radius 3 is 1.62 bits per heavy atom. The second-order valence-corrected chi connectivity index (χ2v) is 17.9. The molecule has 0 bridgehead atoms. The second-order valence-electron chi connectivity index (χ2n) is 5.22. The van der Waals surface area contributed by atoms with Crippen LogP contribution in [0.15, 0.2) is 0 Å². The first-order valence-corrected chi connectivity index (χ1v) is 16.0. The number of hydrogen-bond acceptors (Lipinski definition) is 4. The molecule has 16 heavy (non-hydrogen) atoms. The largest absolute Gasteiger partial charge is 0.439 e. The lowest BCUT2D eigenvalue weighted by molar-refractivity contribution is 0.286. The fraction of sp³-hybridized carbons (Fsp3) is 1.00. The Morgan fingerprint density at radius 2 is 1.25 bits per heavy atom. The summed E-state index contributed by atoms with van der Waals surface area (Å²) in [5.41, 5.74) is 0. The third kappa shape index (κ3) is 8.81.